The molecule has 4 nitrogen and oxygen atoms in total. The summed E-state index contributed by atoms with van der Waals surface area (Å²) in [5.74, 6) is 1.22. The minimum Gasteiger partial charge on any atom is -0.376 e. The van der Waals surface area contributed by atoms with Crippen LogP contribution in [-0.2, 0) is 17.8 Å². The van der Waals surface area contributed by atoms with Crippen LogP contribution in [0.4, 0.5) is 0 Å². The summed E-state index contributed by atoms with van der Waals surface area (Å²) in [5, 5.41) is 0. The molecule has 0 bridgehead atoms. The highest BCUT2D eigenvalue weighted by atomic mass is 127. The van der Waals surface area contributed by atoms with Crippen LogP contribution in [0.3, 0.4) is 0 Å². The maximum atomic E-state index is 5.58. The summed E-state index contributed by atoms with van der Waals surface area (Å²) in [7, 11) is 0. The molecule has 3 rings (SSSR count). The number of hydrogen-bond donors (Lipinski definition) is 0. The molecule has 2 saturated heterocycles. The first-order chi connectivity index (χ1) is 9.24. The van der Waals surface area contributed by atoms with Crippen molar-refractivity contribution in [1.29, 1.82) is 0 Å². The van der Waals surface area contributed by atoms with Crippen molar-refractivity contribution in [2.45, 2.75) is 51.8 Å². The molecule has 0 unspecified atom stereocenters. The van der Waals surface area contributed by atoms with E-state index in [-0.39, 0.29) is 0 Å². The van der Waals surface area contributed by atoms with Crippen LogP contribution in [0, 0.1) is 10.6 Å². The average molecular weight is 375 g/mol. The Morgan fingerprint density at radius 1 is 1.32 bits per heavy atom. The van der Waals surface area contributed by atoms with E-state index in [2.05, 4.69) is 39.0 Å². The van der Waals surface area contributed by atoms with Gasteiger partial charge in [0, 0.05) is 6.61 Å². The van der Waals surface area contributed by atoms with Crippen LogP contribution in [-0.4, -0.2) is 40.3 Å². The highest BCUT2D eigenvalue weighted by molar-refractivity contribution is 14.1. The van der Waals surface area contributed by atoms with Crippen LogP contribution in [0.1, 0.15) is 37.2 Å². The molecule has 0 saturated carbocycles. The molecule has 0 N–H and O–H groups in total. The zero-order chi connectivity index (χ0) is 13.2. The Hall–Kier alpha value is -0.140. The molecule has 0 radical (unpaired) electrons. The van der Waals surface area contributed by atoms with E-state index in [4.69, 9.17) is 9.72 Å². The highest BCUT2D eigenvalue weighted by Crippen LogP contribution is 2.21. The summed E-state index contributed by atoms with van der Waals surface area (Å²) >= 11 is 2.42. The number of rotatable bonds is 4. The SMILES string of the molecule is Cc1nc(CN2CCCCC2)n(C[C@@H]2CCO2)c1I. The fourth-order valence-electron chi connectivity index (χ4n) is 2.86. The van der Waals surface area contributed by atoms with Crippen LogP contribution in [0.15, 0.2) is 0 Å². The minimum absolute atomic E-state index is 0.405. The lowest BCUT2D eigenvalue weighted by Gasteiger charge is -2.29. The Balaban J connectivity index is 1.72. The Morgan fingerprint density at radius 3 is 2.68 bits per heavy atom. The van der Waals surface area contributed by atoms with Crippen molar-refractivity contribution in [3.63, 3.8) is 0 Å². The summed E-state index contributed by atoms with van der Waals surface area (Å²) in [6, 6.07) is 0. The van der Waals surface area contributed by atoms with Gasteiger partial charge in [-0.15, -0.1) is 0 Å². The van der Waals surface area contributed by atoms with Crippen LogP contribution >= 0.6 is 22.6 Å². The Bertz CT molecular complexity index is 436. The molecule has 0 spiro atoms. The topological polar surface area (TPSA) is 30.3 Å². The number of likely N-dealkylation sites (tertiary alicyclic amines) is 1. The molecular formula is C14H22IN3O. The number of aromatic nitrogens is 2. The third kappa shape index (κ3) is 3.13. The van der Waals surface area contributed by atoms with E-state index in [0.29, 0.717) is 6.10 Å². The molecule has 2 fully saturated rings. The lowest BCUT2D eigenvalue weighted by molar-refractivity contribution is -0.0601. The fraction of sp³-hybridized carbons (Fsp3) is 0.786. The summed E-state index contributed by atoms with van der Waals surface area (Å²) in [5.41, 5.74) is 1.16. The van der Waals surface area contributed by atoms with Gasteiger partial charge in [0.25, 0.3) is 0 Å². The molecule has 1 aromatic heterocycles. The molecule has 1 aromatic rings. The molecule has 2 aliphatic rings. The molecule has 0 amide bonds. The third-order valence-corrected chi connectivity index (χ3v) is 5.50. The van der Waals surface area contributed by atoms with Crippen molar-refractivity contribution < 1.29 is 4.74 Å². The number of nitrogens with zero attached hydrogens (tertiary/aromatic N) is 3. The minimum atomic E-state index is 0.405. The average Bonchev–Trinajstić information content (AvgIpc) is 2.62. The van der Waals surface area contributed by atoms with Crippen LogP contribution in [0.2, 0.25) is 0 Å². The molecule has 0 aliphatic carbocycles. The van der Waals surface area contributed by atoms with E-state index in [1.807, 2.05) is 0 Å². The lowest BCUT2D eigenvalue weighted by Crippen LogP contribution is -2.34. The summed E-state index contributed by atoms with van der Waals surface area (Å²) in [6.45, 7) is 7.46. The molecule has 3 heterocycles. The van der Waals surface area contributed by atoms with Crippen molar-refractivity contribution >= 4 is 22.6 Å². The number of hydrogen-bond acceptors (Lipinski definition) is 3. The van der Waals surface area contributed by atoms with Crippen molar-refractivity contribution in [1.82, 2.24) is 14.5 Å². The Labute approximate surface area is 128 Å². The second kappa shape index (κ2) is 6.10. The van der Waals surface area contributed by atoms with Gasteiger partial charge in [-0.3, -0.25) is 4.90 Å². The predicted molar refractivity (Wildman–Crippen MR) is 83.2 cm³/mol. The lowest BCUT2D eigenvalue weighted by atomic mass is 10.1. The van der Waals surface area contributed by atoms with Crippen LogP contribution in [0.5, 0.6) is 0 Å². The number of aryl methyl sites for hydroxylation is 1. The van der Waals surface area contributed by atoms with Gasteiger partial charge >= 0.3 is 0 Å². The van der Waals surface area contributed by atoms with Gasteiger partial charge in [-0.2, -0.15) is 0 Å². The first kappa shape index (κ1) is 13.8. The molecule has 0 aromatic carbocycles. The smallest absolute Gasteiger partial charge is 0.124 e. The second-order valence-corrected chi connectivity index (χ2v) is 6.65. The molecule has 1 atom stereocenters. The van der Waals surface area contributed by atoms with E-state index < -0.39 is 0 Å². The Morgan fingerprint density at radius 2 is 2.05 bits per heavy atom. The molecule has 5 heteroatoms. The number of imidazole rings is 1. The van der Waals surface area contributed by atoms with Gasteiger partial charge in [0.2, 0.25) is 0 Å². The van der Waals surface area contributed by atoms with Gasteiger partial charge < -0.3 is 9.30 Å². The largest absolute Gasteiger partial charge is 0.376 e. The van der Waals surface area contributed by atoms with E-state index in [1.54, 1.807) is 0 Å². The van der Waals surface area contributed by atoms with Crippen LogP contribution < -0.4 is 0 Å². The van der Waals surface area contributed by atoms with Crippen molar-refractivity contribution in [3.8, 4) is 0 Å². The van der Waals surface area contributed by atoms with E-state index in [1.165, 1.54) is 48.3 Å². The quantitative estimate of drug-likeness (QED) is 0.758. The molecule has 2 aliphatic heterocycles. The van der Waals surface area contributed by atoms with Gasteiger partial charge in [0.15, 0.2) is 0 Å². The first-order valence-corrected chi connectivity index (χ1v) is 8.37. The standard InChI is InChI=1S/C14H22IN3O/c1-11-14(15)18(9-12-5-8-19-12)13(16-11)10-17-6-3-2-4-7-17/h12H,2-10H2,1H3/t12-/m0/s1. The highest BCUT2D eigenvalue weighted by Gasteiger charge is 2.23. The van der Waals surface area contributed by atoms with Crippen molar-refractivity contribution in [2.24, 2.45) is 0 Å². The van der Waals surface area contributed by atoms with Crippen molar-refractivity contribution in [2.75, 3.05) is 19.7 Å². The third-order valence-electron chi connectivity index (χ3n) is 4.14. The summed E-state index contributed by atoms with van der Waals surface area (Å²) in [4.78, 5) is 7.32. The zero-order valence-electron chi connectivity index (χ0n) is 11.6. The number of halogens is 1. The van der Waals surface area contributed by atoms with Gasteiger partial charge in [-0.1, -0.05) is 6.42 Å². The maximum absolute atomic E-state index is 5.58. The normalized spacial score (nSPS) is 24.4. The summed E-state index contributed by atoms with van der Waals surface area (Å²) in [6.07, 6.45) is 5.65. The molecule has 19 heavy (non-hydrogen) atoms. The first-order valence-electron chi connectivity index (χ1n) is 7.29. The number of ether oxygens (including phenoxy) is 1. The second-order valence-electron chi connectivity index (χ2n) is 5.63. The van der Waals surface area contributed by atoms with E-state index >= 15 is 0 Å². The predicted octanol–water partition coefficient (Wildman–Crippen LogP) is 2.57. The Kier molecular flexibility index (Phi) is 4.44. The van der Waals surface area contributed by atoms with Gasteiger partial charge in [-0.25, -0.2) is 4.98 Å². The van der Waals surface area contributed by atoms with Gasteiger partial charge in [0.05, 0.1) is 24.9 Å². The molecular weight excluding hydrogens is 353 g/mol. The van der Waals surface area contributed by atoms with Crippen LogP contribution in [0.25, 0.3) is 0 Å². The monoisotopic (exact) mass is 375 g/mol. The fourth-order valence-corrected chi connectivity index (χ4v) is 3.46. The van der Waals surface area contributed by atoms with E-state index in [9.17, 15) is 0 Å². The van der Waals surface area contributed by atoms with E-state index in [0.717, 1.165) is 25.4 Å². The van der Waals surface area contributed by atoms with Gasteiger partial charge in [-0.05, 0) is 61.9 Å². The molecule has 106 valence electrons. The maximum Gasteiger partial charge on any atom is 0.124 e. The van der Waals surface area contributed by atoms with Crippen molar-refractivity contribution in [3.05, 3.63) is 15.2 Å². The zero-order valence-corrected chi connectivity index (χ0v) is 13.7. The summed E-state index contributed by atoms with van der Waals surface area (Å²) < 4.78 is 9.23. The number of piperidine rings is 1. The van der Waals surface area contributed by atoms with Gasteiger partial charge in [0.1, 0.15) is 9.53 Å².